The number of rotatable bonds is 5. The van der Waals surface area contributed by atoms with Crippen molar-refractivity contribution in [2.24, 2.45) is 0 Å². The van der Waals surface area contributed by atoms with Crippen LogP contribution in [0, 0.1) is 0 Å². The summed E-state index contributed by atoms with van der Waals surface area (Å²) in [5, 5.41) is 8.73. The Balaban J connectivity index is 2.69. The highest BCUT2D eigenvalue weighted by molar-refractivity contribution is 5.87. The summed E-state index contributed by atoms with van der Waals surface area (Å²) in [6, 6.07) is 1.43. The lowest BCUT2D eigenvalue weighted by atomic mass is 10.3. The topological polar surface area (TPSA) is 68.7 Å². The van der Waals surface area contributed by atoms with E-state index in [9.17, 15) is 4.79 Å². The van der Waals surface area contributed by atoms with Crippen molar-refractivity contribution < 1.29 is 19.4 Å². The Morgan fingerprint density at radius 2 is 2.33 bits per heavy atom. The first kappa shape index (κ1) is 11.5. The summed E-state index contributed by atoms with van der Waals surface area (Å²) in [7, 11) is 1.58. The van der Waals surface area contributed by atoms with Gasteiger partial charge >= 0.3 is 5.97 Å². The van der Waals surface area contributed by atoms with E-state index in [0.717, 1.165) is 0 Å². The average molecular weight is 211 g/mol. The zero-order valence-electron chi connectivity index (χ0n) is 8.64. The van der Waals surface area contributed by atoms with E-state index >= 15 is 0 Å². The molecule has 1 unspecified atom stereocenters. The molecule has 1 aromatic heterocycles. The molecule has 0 saturated heterocycles. The summed E-state index contributed by atoms with van der Waals surface area (Å²) in [6.07, 6.45) is 2.61. The van der Waals surface area contributed by atoms with Crippen molar-refractivity contribution in [3.8, 4) is 5.75 Å². The molecule has 1 heterocycles. The van der Waals surface area contributed by atoms with Crippen LogP contribution in [0.4, 0.5) is 0 Å². The highest BCUT2D eigenvalue weighted by Crippen LogP contribution is 2.13. The zero-order valence-corrected chi connectivity index (χ0v) is 8.64. The number of aromatic nitrogens is 1. The van der Waals surface area contributed by atoms with E-state index in [1.54, 1.807) is 7.11 Å². The van der Waals surface area contributed by atoms with Crippen LogP contribution in [0.25, 0.3) is 0 Å². The van der Waals surface area contributed by atoms with Crippen molar-refractivity contribution in [1.82, 2.24) is 4.98 Å². The smallest absolute Gasteiger partial charge is 0.337 e. The molecule has 1 atom stereocenters. The summed E-state index contributed by atoms with van der Waals surface area (Å²) in [5.41, 5.74) is 0.108. The quantitative estimate of drug-likeness (QED) is 0.792. The first-order chi connectivity index (χ1) is 7.13. The Labute approximate surface area is 87.7 Å². The number of pyridine rings is 1. The van der Waals surface area contributed by atoms with Gasteiger partial charge in [0.1, 0.15) is 11.9 Å². The Morgan fingerprint density at radius 3 is 2.93 bits per heavy atom. The number of carboxylic acid groups (broad SMARTS) is 1. The molecule has 1 rings (SSSR count). The third-order valence-corrected chi connectivity index (χ3v) is 1.70. The average Bonchev–Trinajstić information content (AvgIpc) is 2.18. The van der Waals surface area contributed by atoms with Gasteiger partial charge in [-0.2, -0.15) is 0 Å². The predicted octanol–water partition coefficient (Wildman–Crippen LogP) is 1.19. The molecule has 15 heavy (non-hydrogen) atoms. The lowest BCUT2D eigenvalue weighted by molar-refractivity contribution is 0.0693. The van der Waals surface area contributed by atoms with Crippen LogP contribution in [0.5, 0.6) is 5.75 Å². The summed E-state index contributed by atoms with van der Waals surface area (Å²) in [4.78, 5) is 14.4. The molecule has 1 aromatic rings. The van der Waals surface area contributed by atoms with Gasteiger partial charge in [0.05, 0.1) is 18.4 Å². The molecule has 1 N–H and O–H groups in total. The van der Waals surface area contributed by atoms with Crippen LogP contribution in [0.1, 0.15) is 17.3 Å². The van der Waals surface area contributed by atoms with Crippen LogP contribution in [0.2, 0.25) is 0 Å². The molecule has 0 aliphatic heterocycles. The molecule has 5 heteroatoms. The molecule has 0 aliphatic rings. The molecule has 0 radical (unpaired) electrons. The van der Waals surface area contributed by atoms with Gasteiger partial charge in [-0.25, -0.2) is 4.79 Å². The van der Waals surface area contributed by atoms with E-state index in [1.165, 1.54) is 18.5 Å². The standard InChI is InChI=1S/C10H13NO4/c1-7(6-14-2)15-9-3-8(10(12)13)4-11-5-9/h3-5,7H,6H2,1-2H3,(H,12,13). The van der Waals surface area contributed by atoms with Crippen LogP contribution < -0.4 is 4.74 Å². The van der Waals surface area contributed by atoms with Gasteiger partial charge < -0.3 is 14.6 Å². The highest BCUT2D eigenvalue weighted by atomic mass is 16.5. The van der Waals surface area contributed by atoms with Gasteiger partial charge in [0, 0.05) is 13.3 Å². The van der Waals surface area contributed by atoms with E-state index in [2.05, 4.69) is 4.98 Å². The van der Waals surface area contributed by atoms with Crippen LogP contribution in [-0.2, 0) is 4.74 Å². The normalized spacial score (nSPS) is 12.1. The maximum absolute atomic E-state index is 10.6. The molecule has 0 fully saturated rings. The fourth-order valence-electron chi connectivity index (χ4n) is 1.10. The second-order valence-corrected chi connectivity index (χ2v) is 3.10. The van der Waals surface area contributed by atoms with E-state index < -0.39 is 5.97 Å². The number of aromatic carboxylic acids is 1. The van der Waals surface area contributed by atoms with Gasteiger partial charge in [0.15, 0.2) is 0 Å². The number of hydrogen-bond donors (Lipinski definition) is 1. The molecule has 5 nitrogen and oxygen atoms in total. The molecular formula is C10H13NO4. The number of carbonyl (C=O) groups is 1. The first-order valence-corrected chi connectivity index (χ1v) is 4.47. The van der Waals surface area contributed by atoms with Gasteiger partial charge in [0.25, 0.3) is 0 Å². The largest absolute Gasteiger partial charge is 0.487 e. The second-order valence-electron chi connectivity index (χ2n) is 3.10. The number of methoxy groups -OCH3 is 1. The second kappa shape index (κ2) is 5.31. The van der Waals surface area contributed by atoms with E-state index in [-0.39, 0.29) is 11.7 Å². The Bertz CT molecular complexity index is 340. The Kier molecular flexibility index (Phi) is 4.05. The fourth-order valence-corrected chi connectivity index (χ4v) is 1.10. The molecule has 0 bridgehead atoms. The lowest BCUT2D eigenvalue weighted by Crippen LogP contribution is -2.18. The van der Waals surface area contributed by atoms with Gasteiger partial charge in [-0.3, -0.25) is 4.98 Å². The minimum atomic E-state index is -1.02. The van der Waals surface area contributed by atoms with Crippen molar-refractivity contribution in [3.63, 3.8) is 0 Å². The summed E-state index contributed by atoms with van der Waals surface area (Å²) in [5.74, 6) is -0.591. The summed E-state index contributed by atoms with van der Waals surface area (Å²) < 4.78 is 10.3. The van der Waals surface area contributed by atoms with Crippen LogP contribution in [0.15, 0.2) is 18.5 Å². The minimum Gasteiger partial charge on any atom is -0.487 e. The first-order valence-electron chi connectivity index (χ1n) is 4.47. The number of ether oxygens (including phenoxy) is 2. The van der Waals surface area contributed by atoms with E-state index in [1.807, 2.05) is 6.92 Å². The minimum absolute atomic E-state index is 0.108. The van der Waals surface area contributed by atoms with Gasteiger partial charge in [-0.15, -0.1) is 0 Å². The predicted molar refractivity (Wildman–Crippen MR) is 53.2 cm³/mol. The molecule has 0 aromatic carbocycles. The molecule has 0 spiro atoms. The third-order valence-electron chi connectivity index (χ3n) is 1.70. The maximum Gasteiger partial charge on any atom is 0.337 e. The highest BCUT2D eigenvalue weighted by Gasteiger charge is 2.07. The fraction of sp³-hybridized carbons (Fsp3) is 0.400. The molecular weight excluding hydrogens is 198 g/mol. The van der Waals surface area contributed by atoms with Crippen molar-refractivity contribution in [2.75, 3.05) is 13.7 Å². The Hall–Kier alpha value is -1.62. The van der Waals surface area contributed by atoms with Crippen molar-refractivity contribution in [1.29, 1.82) is 0 Å². The molecule has 0 saturated carbocycles. The third kappa shape index (κ3) is 3.55. The number of carboxylic acids is 1. The molecule has 82 valence electrons. The lowest BCUT2D eigenvalue weighted by Gasteiger charge is -2.13. The SMILES string of the molecule is COCC(C)Oc1cncc(C(=O)O)c1. The van der Waals surface area contributed by atoms with Crippen LogP contribution in [-0.4, -0.2) is 35.9 Å². The maximum atomic E-state index is 10.6. The summed E-state index contributed by atoms with van der Waals surface area (Å²) >= 11 is 0. The Morgan fingerprint density at radius 1 is 1.60 bits per heavy atom. The van der Waals surface area contributed by atoms with Gasteiger partial charge in [-0.1, -0.05) is 0 Å². The number of hydrogen-bond acceptors (Lipinski definition) is 4. The van der Waals surface area contributed by atoms with E-state index in [4.69, 9.17) is 14.6 Å². The van der Waals surface area contributed by atoms with Gasteiger partial charge in [-0.05, 0) is 13.0 Å². The van der Waals surface area contributed by atoms with Gasteiger partial charge in [0.2, 0.25) is 0 Å². The van der Waals surface area contributed by atoms with Crippen LogP contribution in [0.3, 0.4) is 0 Å². The van der Waals surface area contributed by atoms with E-state index in [0.29, 0.717) is 12.4 Å². The summed E-state index contributed by atoms with van der Waals surface area (Å²) in [6.45, 7) is 2.27. The zero-order chi connectivity index (χ0) is 11.3. The molecule has 0 aliphatic carbocycles. The van der Waals surface area contributed by atoms with Crippen molar-refractivity contribution >= 4 is 5.97 Å². The monoisotopic (exact) mass is 211 g/mol. The van der Waals surface area contributed by atoms with Crippen molar-refractivity contribution in [3.05, 3.63) is 24.0 Å². The molecule has 0 amide bonds. The number of nitrogens with zero attached hydrogens (tertiary/aromatic N) is 1. The van der Waals surface area contributed by atoms with Crippen LogP contribution >= 0.6 is 0 Å². The van der Waals surface area contributed by atoms with Crippen molar-refractivity contribution in [2.45, 2.75) is 13.0 Å².